The Morgan fingerprint density at radius 3 is 2.06 bits per heavy atom. The number of hydroxylamine groups is 1. The zero-order valence-corrected chi connectivity index (χ0v) is 20.7. The first-order valence-corrected chi connectivity index (χ1v) is 14.1. The second-order valence-corrected chi connectivity index (χ2v) is 13.1. The molecule has 0 bridgehead atoms. The zero-order chi connectivity index (χ0) is 23.3. The Balaban J connectivity index is 2.18. The van der Waals surface area contributed by atoms with Gasteiger partial charge in [0.1, 0.15) is 23.2 Å². The van der Waals surface area contributed by atoms with Crippen molar-refractivity contribution in [2.75, 3.05) is 19.3 Å². The first kappa shape index (κ1) is 23.9. The van der Waals surface area contributed by atoms with Crippen LogP contribution in [0.15, 0.2) is 72.8 Å². The quantitative estimate of drug-likeness (QED) is 0.202. The maximum absolute atomic E-state index is 13.9. The van der Waals surface area contributed by atoms with E-state index in [4.69, 9.17) is 25.6 Å². The molecule has 1 atom stereocenters. The summed E-state index contributed by atoms with van der Waals surface area (Å²) < 4.78 is 17.4. The number of methoxy groups -OCH3 is 2. The normalized spacial score (nSPS) is 12.2. The van der Waals surface area contributed by atoms with Gasteiger partial charge in [-0.05, 0) is 73.7 Å². The second kappa shape index (κ2) is 10.2. The summed E-state index contributed by atoms with van der Waals surface area (Å²) in [6.45, 7) is 6.23. The summed E-state index contributed by atoms with van der Waals surface area (Å²) in [5.74, 6) is 1.19. The molecule has 0 aliphatic carbocycles. The van der Waals surface area contributed by atoms with Gasteiger partial charge in [0.15, 0.2) is 5.78 Å². The Bertz CT molecular complexity index is 1050. The van der Waals surface area contributed by atoms with Gasteiger partial charge in [-0.2, -0.15) is 0 Å². The van der Waals surface area contributed by atoms with Crippen LogP contribution in [0.2, 0.25) is 24.7 Å². The molecule has 0 saturated heterocycles. The van der Waals surface area contributed by atoms with Crippen molar-refractivity contribution in [2.45, 2.75) is 25.7 Å². The maximum Gasteiger partial charge on any atom is 0.220 e. The van der Waals surface area contributed by atoms with Crippen molar-refractivity contribution in [2.24, 2.45) is 0 Å². The topological polar surface area (TPSA) is 48.0 Å². The molecule has 0 fully saturated rings. The number of Topliss-reactive ketones (excluding diaryl/α,β-unsaturated/α-hetero) is 1. The van der Waals surface area contributed by atoms with Gasteiger partial charge in [0.05, 0.1) is 14.2 Å². The molecule has 32 heavy (non-hydrogen) atoms. The van der Waals surface area contributed by atoms with Gasteiger partial charge < -0.3 is 14.0 Å². The van der Waals surface area contributed by atoms with Crippen LogP contribution in [0.25, 0.3) is 0 Å². The fraction of sp³-hybridized carbons (Fsp3) is 0.240. The van der Waals surface area contributed by atoms with Gasteiger partial charge in [-0.25, -0.2) is 5.06 Å². The first-order chi connectivity index (χ1) is 15.2. The molecule has 5 nitrogen and oxygen atoms in total. The van der Waals surface area contributed by atoms with Crippen molar-refractivity contribution in [3.05, 3.63) is 88.9 Å². The van der Waals surface area contributed by atoms with Crippen LogP contribution in [0.3, 0.4) is 0 Å². The average Bonchev–Trinajstić information content (AvgIpc) is 2.79. The number of carbonyl (C=O) groups excluding carboxylic acids is 1. The molecule has 0 radical (unpaired) electrons. The molecule has 3 aromatic rings. The van der Waals surface area contributed by atoms with E-state index in [-0.39, 0.29) is 5.78 Å². The first-order valence-electron chi connectivity index (χ1n) is 10.3. The van der Waals surface area contributed by atoms with E-state index in [0.29, 0.717) is 27.8 Å². The number of rotatable bonds is 9. The van der Waals surface area contributed by atoms with E-state index in [1.807, 2.05) is 36.4 Å². The van der Waals surface area contributed by atoms with Crippen molar-refractivity contribution in [1.82, 2.24) is 0 Å². The Hall–Kier alpha value is -2.80. The minimum absolute atomic E-state index is 0.112. The van der Waals surface area contributed by atoms with Crippen LogP contribution < -0.4 is 14.5 Å². The fourth-order valence-electron chi connectivity index (χ4n) is 3.30. The van der Waals surface area contributed by atoms with Crippen molar-refractivity contribution < 1.29 is 18.8 Å². The minimum Gasteiger partial charge on any atom is -0.497 e. The molecule has 0 amide bonds. The monoisotopic (exact) mass is 469 g/mol. The molecule has 0 aliphatic heterocycles. The van der Waals surface area contributed by atoms with E-state index in [2.05, 4.69) is 19.6 Å². The number of hydrogen-bond donors (Lipinski definition) is 0. The highest BCUT2D eigenvalue weighted by atomic mass is 35.5. The van der Waals surface area contributed by atoms with Gasteiger partial charge in [0.2, 0.25) is 8.32 Å². The van der Waals surface area contributed by atoms with Gasteiger partial charge in [0.25, 0.3) is 0 Å². The molecule has 0 heterocycles. The van der Waals surface area contributed by atoms with E-state index in [0.717, 1.165) is 5.56 Å². The lowest BCUT2D eigenvalue weighted by atomic mass is 9.96. The Morgan fingerprint density at radius 1 is 0.875 bits per heavy atom. The predicted octanol–water partition coefficient (Wildman–Crippen LogP) is 6.55. The Morgan fingerprint density at radius 2 is 1.50 bits per heavy atom. The Kier molecular flexibility index (Phi) is 7.61. The smallest absolute Gasteiger partial charge is 0.220 e. The summed E-state index contributed by atoms with van der Waals surface area (Å²) in [5, 5.41) is 2.29. The molecular weight excluding hydrogens is 442 g/mol. The largest absolute Gasteiger partial charge is 0.497 e. The van der Waals surface area contributed by atoms with Crippen molar-refractivity contribution in [3.63, 3.8) is 0 Å². The van der Waals surface area contributed by atoms with Crippen LogP contribution in [0.1, 0.15) is 22.0 Å². The van der Waals surface area contributed by atoms with E-state index < -0.39 is 14.4 Å². The van der Waals surface area contributed by atoms with Gasteiger partial charge in [-0.15, -0.1) is 0 Å². The van der Waals surface area contributed by atoms with Crippen LogP contribution in [0.4, 0.5) is 5.69 Å². The minimum atomic E-state index is -2.13. The predicted molar refractivity (Wildman–Crippen MR) is 131 cm³/mol. The van der Waals surface area contributed by atoms with Gasteiger partial charge >= 0.3 is 0 Å². The molecule has 0 spiro atoms. The summed E-state index contributed by atoms with van der Waals surface area (Å²) in [6, 6.07) is 21.1. The molecule has 168 valence electrons. The van der Waals surface area contributed by atoms with Crippen LogP contribution in [-0.2, 0) is 4.53 Å². The van der Waals surface area contributed by atoms with E-state index in [1.165, 1.54) is 0 Å². The highest BCUT2D eigenvalue weighted by Crippen LogP contribution is 2.38. The lowest BCUT2D eigenvalue weighted by molar-refractivity contribution is 0.0905. The lowest BCUT2D eigenvalue weighted by Gasteiger charge is -2.37. The highest BCUT2D eigenvalue weighted by Gasteiger charge is 2.35. The van der Waals surface area contributed by atoms with E-state index in [1.54, 1.807) is 55.7 Å². The van der Waals surface area contributed by atoms with Gasteiger partial charge in [0, 0.05) is 10.6 Å². The maximum atomic E-state index is 13.9. The summed E-state index contributed by atoms with van der Waals surface area (Å²) in [5.41, 5.74) is 1.99. The number of hydrogen-bond acceptors (Lipinski definition) is 5. The van der Waals surface area contributed by atoms with Gasteiger partial charge in [-0.3, -0.25) is 4.79 Å². The SMILES string of the molecule is COc1ccc(C(=O)[C@@H](c2ccc(Cl)cc2)N(O[Si](C)(C)C)c2ccccc2OC)cc1. The van der Waals surface area contributed by atoms with Crippen LogP contribution in [-0.4, -0.2) is 28.3 Å². The molecule has 0 aromatic heterocycles. The van der Waals surface area contributed by atoms with E-state index in [9.17, 15) is 4.79 Å². The highest BCUT2D eigenvalue weighted by molar-refractivity contribution is 6.69. The number of para-hydroxylation sites is 2. The third-order valence-corrected chi connectivity index (χ3v) is 5.73. The number of ether oxygens (including phenoxy) is 2. The standard InChI is InChI=1S/C25H28ClNO4Si/c1-29-21-16-12-19(13-17-21)25(28)24(18-10-14-20(26)15-11-18)27(31-32(3,4)5)22-8-6-7-9-23(22)30-2/h6-17,24H,1-5H3/t24-/m1/s1. The van der Waals surface area contributed by atoms with E-state index >= 15 is 0 Å². The molecule has 0 saturated carbocycles. The third kappa shape index (κ3) is 5.71. The molecular formula is C25H28ClNO4Si. The number of anilines is 1. The number of ketones is 1. The van der Waals surface area contributed by atoms with Crippen molar-refractivity contribution >= 4 is 31.4 Å². The van der Waals surface area contributed by atoms with Crippen LogP contribution in [0.5, 0.6) is 11.5 Å². The number of nitrogens with zero attached hydrogens (tertiary/aromatic N) is 1. The molecule has 0 N–H and O–H groups in total. The summed E-state index contributed by atoms with van der Waals surface area (Å²) in [6.07, 6.45) is 0. The summed E-state index contributed by atoms with van der Waals surface area (Å²) in [7, 11) is 1.07. The molecule has 0 unspecified atom stereocenters. The van der Waals surface area contributed by atoms with Gasteiger partial charge in [-0.1, -0.05) is 35.9 Å². The lowest BCUT2D eigenvalue weighted by Crippen LogP contribution is -2.42. The number of carbonyl (C=O) groups is 1. The van der Waals surface area contributed by atoms with Crippen molar-refractivity contribution in [1.29, 1.82) is 0 Å². The fourth-order valence-corrected chi connectivity index (χ4v) is 4.22. The Labute approximate surface area is 195 Å². The van der Waals surface area contributed by atoms with Crippen LogP contribution in [0, 0.1) is 0 Å². The summed E-state index contributed by atoms with van der Waals surface area (Å²) in [4.78, 5) is 13.9. The zero-order valence-electron chi connectivity index (χ0n) is 19.0. The molecule has 3 aromatic carbocycles. The number of benzene rings is 3. The average molecular weight is 470 g/mol. The van der Waals surface area contributed by atoms with Crippen LogP contribution >= 0.6 is 11.6 Å². The van der Waals surface area contributed by atoms with Crippen molar-refractivity contribution in [3.8, 4) is 11.5 Å². The second-order valence-electron chi connectivity index (χ2n) is 8.25. The molecule has 7 heteroatoms. The third-order valence-electron chi connectivity index (χ3n) is 4.74. The molecule has 0 aliphatic rings. The molecule has 3 rings (SSSR count). The summed E-state index contributed by atoms with van der Waals surface area (Å²) >= 11 is 6.14. The number of halogens is 1.